The average molecular weight is 529 g/mol. The normalized spacial score (nSPS) is 10.8. The lowest BCUT2D eigenvalue weighted by atomic mass is 10.1. The number of halogens is 1. The van der Waals surface area contributed by atoms with Crippen molar-refractivity contribution in [2.75, 3.05) is 26.4 Å². The summed E-state index contributed by atoms with van der Waals surface area (Å²) in [6.45, 7) is 1.49. The molecule has 0 amide bonds. The van der Waals surface area contributed by atoms with Crippen LogP contribution in [-0.4, -0.2) is 41.3 Å². The molecule has 1 aromatic heterocycles. The largest absolute Gasteiger partial charge is 0.382 e. The van der Waals surface area contributed by atoms with Crippen LogP contribution in [0.2, 0.25) is 0 Å². The van der Waals surface area contributed by atoms with Crippen molar-refractivity contribution in [3.63, 3.8) is 0 Å². The minimum absolute atomic E-state index is 0. The molecular formula is C23H28IN7. The van der Waals surface area contributed by atoms with Crippen molar-refractivity contribution in [1.82, 2.24) is 20.0 Å². The zero-order chi connectivity index (χ0) is 21.3. The molecule has 8 heteroatoms. The smallest absolute Gasteiger partial charge is 0.193 e. The molecule has 0 bridgehead atoms. The highest BCUT2D eigenvalue weighted by Crippen LogP contribution is 2.21. The third kappa shape index (κ3) is 6.21. The second kappa shape index (κ2) is 12.0. The number of anilines is 1. The first kappa shape index (κ1) is 24.2. The van der Waals surface area contributed by atoms with Crippen molar-refractivity contribution in [3.8, 4) is 11.8 Å². The van der Waals surface area contributed by atoms with E-state index in [9.17, 15) is 5.26 Å². The third-order valence-electron chi connectivity index (χ3n) is 4.82. The Morgan fingerprint density at radius 3 is 2.42 bits per heavy atom. The molecule has 7 nitrogen and oxygen atoms in total. The van der Waals surface area contributed by atoms with Gasteiger partial charge in [0, 0.05) is 27.2 Å². The molecule has 0 aliphatic heterocycles. The number of nitriles is 1. The van der Waals surface area contributed by atoms with Crippen molar-refractivity contribution >= 4 is 35.8 Å². The fourth-order valence-corrected chi connectivity index (χ4v) is 3.31. The maximum atomic E-state index is 9.53. The van der Waals surface area contributed by atoms with Crippen LogP contribution in [0.5, 0.6) is 0 Å². The molecule has 0 radical (unpaired) electrons. The Hall–Kier alpha value is -3.06. The van der Waals surface area contributed by atoms with Gasteiger partial charge in [-0.15, -0.1) is 24.0 Å². The summed E-state index contributed by atoms with van der Waals surface area (Å²) in [7, 11) is 3.79. The van der Waals surface area contributed by atoms with Crippen molar-refractivity contribution < 1.29 is 0 Å². The maximum Gasteiger partial charge on any atom is 0.193 e. The minimum Gasteiger partial charge on any atom is -0.382 e. The van der Waals surface area contributed by atoms with Crippen LogP contribution in [-0.2, 0) is 13.0 Å². The van der Waals surface area contributed by atoms with E-state index >= 15 is 0 Å². The van der Waals surface area contributed by atoms with Crippen LogP contribution in [0.15, 0.2) is 65.7 Å². The zero-order valence-corrected chi connectivity index (χ0v) is 20.2. The first-order valence-electron chi connectivity index (χ1n) is 9.92. The van der Waals surface area contributed by atoms with Crippen LogP contribution < -0.4 is 11.1 Å². The quantitative estimate of drug-likeness (QED) is 0.211. The topological polar surface area (TPSA) is 95.3 Å². The highest BCUT2D eigenvalue weighted by molar-refractivity contribution is 14.0. The molecule has 31 heavy (non-hydrogen) atoms. The van der Waals surface area contributed by atoms with Crippen LogP contribution in [0.3, 0.4) is 0 Å². The molecule has 3 aromatic rings. The maximum absolute atomic E-state index is 9.53. The lowest BCUT2D eigenvalue weighted by Gasteiger charge is -2.22. The van der Waals surface area contributed by atoms with E-state index in [4.69, 9.17) is 5.73 Å². The van der Waals surface area contributed by atoms with E-state index in [1.165, 1.54) is 5.56 Å². The number of nitrogen functional groups attached to an aromatic ring is 1. The van der Waals surface area contributed by atoms with Gasteiger partial charge in [0.25, 0.3) is 0 Å². The number of aryl methyl sites for hydroxylation is 1. The van der Waals surface area contributed by atoms with E-state index in [0.717, 1.165) is 31.2 Å². The number of benzene rings is 2. The molecule has 0 spiro atoms. The Bertz CT molecular complexity index is 1020. The molecule has 3 N–H and O–H groups in total. The first-order chi connectivity index (χ1) is 14.6. The fraction of sp³-hybridized carbons (Fsp3) is 0.261. The summed E-state index contributed by atoms with van der Waals surface area (Å²) in [4.78, 5) is 6.44. The van der Waals surface area contributed by atoms with Crippen molar-refractivity contribution in [2.45, 2.75) is 19.4 Å². The first-order valence-corrected chi connectivity index (χ1v) is 9.92. The zero-order valence-electron chi connectivity index (χ0n) is 17.8. The van der Waals surface area contributed by atoms with Gasteiger partial charge in [-0.2, -0.15) is 10.4 Å². The van der Waals surface area contributed by atoms with Gasteiger partial charge in [-0.25, -0.2) is 4.68 Å². The van der Waals surface area contributed by atoms with Gasteiger partial charge in [-0.3, -0.25) is 4.99 Å². The van der Waals surface area contributed by atoms with Gasteiger partial charge < -0.3 is 16.0 Å². The van der Waals surface area contributed by atoms with Gasteiger partial charge in [-0.05, 0) is 30.5 Å². The molecule has 0 saturated carbocycles. The number of guanidine groups is 1. The Kier molecular flexibility index (Phi) is 9.34. The van der Waals surface area contributed by atoms with Gasteiger partial charge in [0.15, 0.2) is 5.96 Å². The summed E-state index contributed by atoms with van der Waals surface area (Å²) in [5.74, 6) is 1.21. The van der Waals surface area contributed by atoms with Gasteiger partial charge in [0.2, 0.25) is 0 Å². The standard InChI is InChI=1S/C23H27N7.HI/c1-26-23(29(2)17-18-10-5-3-6-11-18)27-15-9-14-21-20(16-24)22(25)30(28-21)19-12-7-4-8-13-19;/h3-8,10-13H,9,14-15,17,25H2,1-2H3,(H,26,27);1H. The lowest BCUT2D eigenvalue weighted by Crippen LogP contribution is -2.39. The van der Waals surface area contributed by atoms with Crippen LogP contribution >= 0.6 is 24.0 Å². The third-order valence-corrected chi connectivity index (χ3v) is 4.82. The second-order valence-corrected chi connectivity index (χ2v) is 6.99. The molecule has 162 valence electrons. The Labute approximate surface area is 200 Å². The van der Waals surface area contributed by atoms with E-state index in [2.05, 4.69) is 38.5 Å². The van der Waals surface area contributed by atoms with Gasteiger partial charge in [0.1, 0.15) is 17.5 Å². The second-order valence-electron chi connectivity index (χ2n) is 6.99. The highest BCUT2D eigenvalue weighted by atomic mass is 127. The molecule has 0 unspecified atom stereocenters. The molecular weight excluding hydrogens is 501 g/mol. The fourth-order valence-electron chi connectivity index (χ4n) is 3.31. The van der Waals surface area contributed by atoms with Crippen molar-refractivity contribution in [1.29, 1.82) is 5.26 Å². The van der Waals surface area contributed by atoms with Gasteiger partial charge in [-0.1, -0.05) is 48.5 Å². The monoisotopic (exact) mass is 529 g/mol. The molecule has 0 saturated heterocycles. The SMILES string of the molecule is CN=C(NCCCc1nn(-c2ccccc2)c(N)c1C#N)N(C)Cc1ccccc1.I. The number of nitrogens with zero attached hydrogens (tertiary/aromatic N) is 5. The number of para-hydroxylation sites is 1. The molecule has 0 fully saturated rings. The van der Waals surface area contributed by atoms with Crippen LogP contribution in [0, 0.1) is 11.3 Å². The van der Waals surface area contributed by atoms with Crippen LogP contribution in [0.1, 0.15) is 23.2 Å². The molecule has 0 aliphatic carbocycles. The number of nitrogens with two attached hydrogens (primary N) is 1. The highest BCUT2D eigenvalue weighted by Gasteiger charge is 2.16. The number of hydrogen-bond donors (Lipinski definition) is 2. The summed E-state index contributed by atoms with van der Waals surface area (Å²) >= 11 is 0. The molecule has 0 atom stereocenters. The van der Waals surface area contributed by atoms with Crippen LogP contribution in [0.25, 0.3) is 5.69 Å². The Balaban J connectivity index is 0.00000341. The summed E-state index contributed by atoms with van der Waals surface area (Å²) in [6, 6.07) is 22.1. The van der Waals surface area contributed by atoms with Crippen LogP contribution in [0.4, 0.5) is 5.82 Å². The summed E-state index contributed by atoms with van der Waals surface area (Å²) in [5, 5.41) is 17.5. The van der Waals surface area contributed by atoms with Gasteiger partial charge >= 0.3 is 0 Å². The number of aliphatic imine (C=N–C) groups is 1. The summed E-state index contributed by atoms with van der Waals surface area (Å²) in [5.41, 5.74) is 9.41. The number of nitrogens with one attached hydrogen (secondary N) is 1. The number of rotatable bonds is 7. The van der Waals surface area contributed by atoms with Crippen molar-refractivity contribution in [2.24, 2.45) is 4.99 Å². The number of aromatic nitrogens is 2. The predicted octanol–water partition coefficient (Wildman–Crippen LogP) is 3.58. The molecule has 2 aromatic carbocycles. The van der Waals surface area contributed by atoms with E-state index in [1.54, 1.807) is 11.7 Å². The predicted molar refractivity (Wildman–Crippen MR) is 136 cm³/mol. The van der Waals surface area contributed by atoms with E-state index in [1.807, 2.05) is 55.6 Å². The van der Waals surface area contributed by atoms with Gasteiger partial charge in [0.05, 0.1) is 11.4 Å². The molecule has 3 rings (SSSR count). The number of hydrogen-bond acceptors (Lipinski definition) is 4. The lowest BCUT2D eigenvalue weighted by molar-refractivity contribution is 0.475. The molecule has 1 heterocycles. The summed E-state index contributed by atoms with van der Waals surface area (Å²) in [6.07, 6.45) is 1.46. The van der Waals surface area contributed by atoms with E-state index in [0.29, 0.717) is 23.5 Å². The van der Waals surface area contributed by atoms with E-state index < -0.39 is 0 Å². The average Bonchev–Trinajstić information content (AvgIpc) is 3.10. The molecule has 0 aliphatic rings. The van der Waals surface area contributed by atoms with Crippen molar-refractivity contribution in [3.05, 3.63) is 77.5 Å². The Morgan fingerprint density at radius 1 is 1.16 bits per heavy atom. The summed E-state index contributed by atoms with van der Waals surface area (Å²) < 4.78 is 1.63. The van der Waals surface area contributed by atoms with E-state index in [-0.39, 0.29) is 24.0 Å². The minimum atomic E-state index is 0. The Morgan fingerprint density at radius 2 is 1.81 bits per heavy atom.